The molecule has 1 N–H and O–H groups in total. The molecular weight excluding hydrogens is 190 g/mol. The predicted octanol–water partition coefficient (Wildman–Crippen LogP) is 2.49. The van der Waals surface area contributed by atoms with E-state index in [1.54, 1.807) is 0 Å². The van der Waals surface area contributed by atoms with Crippen molar-refractivity contribution in [2.75, 3.05) is 5.32 Å². The molecule has 0 bridgehead atoms. The van der Waals surface area contributed by atoms with Crippen molar-refractivity contribution in [2.45, 2.75) is 32.8 Å². The highest BCUT2D eigenvalue weighted by Crippen LogP contribution is 2.31. The van der Waals surface area contributed by atoms with Crippen LogP contribution in [0.25, 0.3) is 0 Å². The zero-order valence-corrected chi connectivity index (χ0v) is 9.04. The zero-order chi connectivity index (χ0) is 10.8. The van der Waals surface area contributed by atoms with E-state index in [2.05, 4.69) is 5.32 Å². The summed E-state index contributed by atoms with van der Waals surface area (Å²) in [5.74, 6) is 0.751. The molecule has 3 nitrogen and oxygen atoms in total. The average Bonchev–Trinajstić information content (AvgIpc) is 2.20. The average molecular weight is 205 g/mol. The van der Waals surface area contributed by atoms with Gasteiger partial charge in [-0.05, 0) is 31.0 Å². The van der Waals surface area contributed by atoms with E-state index in [0.717, 1.165) is 29.8 Å². The number of carbonyl (C=O) groups excluding carboxylic acids is 1. The molecule has 1 aromatic rings. The first-order chi connectivity index (χ1) is 7.20. The zero-order valence-electron chi connectivity index (χ0n) is 9.04. The largest absolute Gasteiger partial charge is 0.478 e. The first-order valence-electron chi connectivity index (χ1n) is 5.29. The number of aryl methyl sites for hydroxylation is 1. The quantitative estimate of drug-likeness (QED) is 0.805. The summed E-state index contributed by atoms with van der Waals surface area (Å²) >= 11 is 0. The van der Waals surface area contributed by atoms with Gasteiger partial charge in [-0.15, -0.1) is 0 Å². The Kier molecular flexibility index (Phi) is 2.62. The van der Waals surface area contributed by atoms with Crippen molar-refractivity contribution in [1.82, 2.24) is 0 Å². The number of rotatable bonds is 2. The van der Waals surface area contributed by atoms with E-state index < -0.39 is 0 Å². The summed E-state index contributed by atoms with van der Waals surface area (Å²) in [6.07, 6.45) is 1.38. The molecule has 2 rings (SSSR count). The SMILES string of the molecule is CCCC1Oc2cc(C)ccc2NC1=O. The lowest BCUT2D eigenvalue weighted by Crippen LogP contribution is -2.36. The molecule has 1 heterocycles. The highest BCUT2D eigenvalue weighted by molar-refractivity contribution is 5.97. The maximum absolute atomic E-state index is 11.6. The fraction of sp³-hybridized carbons (Fsp3) is 0.417. The van der Waals surface area contributed by atoms with Crippen molar-refractivity contribution in [3.63, 3.8) is 0 Å². The molecule has 0 aromatic heterocycles. The van der Waals surface area contributed by atoms with Crippen LogP contribution in [-0.4, -0.2) is 12.0 Å². The predicted molar refractivity (Wildman–Crippen MR) is 59.1 cm³/mol. The van der Waals surface area contributed by atoms with Crippen LogP contribution in [0.5, 0.6) is 5.75 Å². The van der Waals surface area contributed by atoms with Crippen LogP contribution in [0.15, 0.2) is 18.2 Å². The first kappa shape index (κ1) is 10.0. The molecule has 1 aliphatic rings. The molecule has 0 radical (unpaired) electrons. The molecule has 0 spiro atoms. The van der Waals surface area contributed by atoms with E-state index in [0.29, 0.717) is 0 Å². The number of fused-ring (bicyclic) bond motifs is 1. The molecule has 1 aliphatic heterocycles. The van der Waals surface area contributed by atoms with Gasteiger partial charge in [0, 0.05) is 0 Å². The standard InChI is InChI=1S/C12H15NO2/c1-3-4-10-12(14)13-9-6-5-8(2)7-11(9)15-10/h5-7,10H,3-4H2,1-2H3,(H,13,14). The van der Waals surface area contributed by atoms with Gasteiger partial charge in [0.25, 0.3) is 5.91 Å². The van der Waals surface area contributed by atoms with Crippen molar-refractivity contribution in [3.05, 3.63) is 23.8 Å². The van der Waals surface area contributed by atoms with Gasteiger partial charge < -0.3 is 10.1 Å². The maximum atomic E-state index is 11.6. The van der Waals surface area contributed by atoms with Gasteiger partial charge in [-0.25, -0.2) is 0 Å². The molecule has 1 unspecified atom stereocenters. The Labute approximate surface area is 89.4 Å². The van der Waals surface area contributed by atoms with Gasteiger partial charge >= 0.3 is 0 Å². The van der Waals surface area contributed by atoms with Gasteiger partial charge in [0.15, 0.2) is 6.10 Å². The normalized spacial score (nSPS) is 19.1. The number of hydrogen-bond acceptors (Lipinski definition) is 2. The Hall–Kier alpha value is -1.51. The Morgan fingerprint density at radius 1 is 1.47 bits per heavy atom. The van der Waals surface area contributed by atoms with Gasteiger partial charge in [0.05, 0.1) is 5.69 Å². The minimum Gasteiger partial charge on any atom is -0.478 e. The molecule has 0 fully saturated rings. The monoisotopic (exact) mass is 205 g/mol. The van der Waals surface area contributed by atoms with Gasteiger partial charge in [-0.3, -0.25) is 4.79 Å². The van der Waals surface area contributed by atoms with Crippen molar-refractivity contribution in [2.24, 2.45) is 0 Å². The van der Waals surface area contributed by atoms with Crippen LogP contribution in [0, 0.1) is 6.92 Å². The lowest BCUT2D eigenvalue weighted by Gasteiger charge is -2.25. The highest BCUT2D eigenvalue weighted by atomic mass is 16.5. The van der Waals surface area contributed by atoms with E-state index in [9.17, 15) is 4.79 Å². The second-order valence-electron chi connectivity index (χ2n) is 3.88. The fourth-order valence-corrected chi connectivity index (χ4v) is 1.70. The summed E-state index contributed by atoms with van der Waals surface area (Å²) in [6, 6.07) is 5.80. The first-order valence-corrected chi connectivity index (χ1v) is 5.29. The number of ether oxygens (including phenoxy) is 1. The molecule has 1 aromatic carbocycles. The Bertz CT molecular complexity index is 387. The fourth-order valence-electron chi connectivity index (χ4n) is 1.70. The van der Waals surface area contributed by atoms with E-state index in [-0.39, 0.29) is 12.0 Å². The van der Waals surface area contributed by atoms with Crippen LogP contribution < -0.4 is 10.1 Å². The van der Waals surface area contributed by atoms with E-state index in [1.807, 2.05) is 32.0 Å². The summed E-state index contributed by atoms with van der Waals surface area (Å²) in [4.78, 5) is 11.6. The number of benzene rings is 1. The summed E-state index contributed by atoms with van der Waals surface area (Å²) in [6.45, 7) is 4.05. The lowest BCUT2D eigenvalue weighted by molar-refractivity contribution is -0.123. The topological polar surface area (TPSA) is 38.3 Å². The molecule has 80 valence electrons. The van der Waals surface area contributed by atoms with Crippen molar-refractivity contribution >= 4 is 11.6 Å². The lowest BCUT2D eigenvalue weighted by atomic mass is 10.1. The minimum atomic E-state index is -0.329. The molecular formula is C12H15NO2. The third kappa shape index (κ3) is 1.96. The number of amides is 1. The Balaban J connectivity index is 2.26. The minimum absolute atomic E-state index is 0.0341. The van der Waals surface area contributed by atoms with Crippen molar-refractivity contribution in [3.8, 4) is 5.75 Å². The highest BCUT2D eigenvalue weighted by Gasteiger charge is 2.26. The molecule has 0 saturated carbocycles. The van der Waals surface area contributed by atoms with Crippen LogP contribution in [-0.2, 0) is 4.79 Å². The molecule has 3 heteroatoms. The van der Waals surface area contributed by atoms with Gasteiger partial charge in [0.2, 0.25) is 0 Å². The number of nitrogens with one attached hydrogen (secondary N) is 1. The van der Waals surface area contributed by atoms with Gasteiger partial charge in [-0.2, -0.15) is 0 Å². The third-order valence-electron chi connectivity index (χ3n) is 2.51. The van der Waals surface area contributed by atoms with Crippen LogP contribution in [0.1, 0.15) is 25.3 Å². The summed E-state index contributed by atoms with van der Waals surface area (Å²) < 4.78 is 5.65. The van der Waals surface area contributed by atoms with Crippen molar-refractivity contribution in [1.29, 1.82) is 0 Å². The molecule has 15 heavy (non-hydrogen) atoms. The maximum Gasteiger partial charge on any atom is 0.265 e. The van der Waals surface area contributed by atoms with Gasteiger partial charge in [0.1, 0.15) is 5.75 Å². The van der Waals surface area contributed by atoms with E-state index >= 15 is 0 Å². The second kappa shape index (κ2) is 3.93. The van der Waals surface area contributed by atoms with E-state index in [1.165, 1.54) is 0 Å². The molecule has 1 atom stereocenters. The van der Waals surface area contributed by atoms with Crippen LogP contribution in [0.3, 0.4) is 0 Å². The number of carbonyl (C=O) groups is 1. The molecule has 0 aliphatic carbocycles. The van der Waals surface area contributed by atoms with Crippen molar-refractivity contribution < 1.29 is 9.53 Å². The second-order valence-corrected chi connectivity index (χ2v) is 3.88. The Morgan fingerprint density at radius 2 is 2.27 bits per heavy atom. The van der Waals surface area contributed by atoms with Crippen LogP contribution in [0.2, 0.25) is 0 Å². The Morgan fingerprint density at radius 3 is 3.00 bits per heavy atom. The smallest absolute Gasteiger partial charge is 0.265 e. The number of hydrogen-bond donors (Lipinski definition) is 1. The summed E-state index contributed by atoms with van der Waals surface area (Å²) in [5.41, 5.74) is 1.91. The molecule has 0 saturated heterocycles. The van der Waals surface area contributed by atoms with Crippen LogP contribution >= 0.6 is 0 Å². The molecule has 1 amide bonds. The van der Waals surface area contributed by atoms with Gasteiger partial charge in [-0.1, -0.05) is 19.4 Å². The third-order valence-corrected chi connectivity index (χ3v) is 2.51. The summed E-state index contributed by atoms with van der Waals surface area (Å²) in [7, 11) is 0. The summed E-state index contributed by atoms with van der Waals surface area (Å²) in [5, 5.41) is 2.86. The van der Waals surface area contributed by atoms with Crippen LogP contribution in [0.4, 0.5) is 5.69 Å². The number of anilines is 1. The van der Waals surface area contributed by atoms with E-state index in [4.69, 9.17) is 4.74 Å².